The van der Waals surface area contributed by atoms with Crippen LogP contribution in [0.4, 0.5) is 0 Å². The second-order valence-electron chi connectivity index (χ2n) is 5.03. The molecular formula is C13H18N2O2. The van der Waals surface area contributed by atoms with E-state index < -0.39 is 0 Å². The zero-order valence-corrected chi connectivity index (χ0v) is 10.3. The van der Waals surface area contributed by atoms with Gasteiger partial charge in [0, 0.05) is 11.5 Å². The van der Waals surface area contributed by atoms with E-state index in [9.17, 15) is 4.79 Å². The highest BCUT2D eigenvalue weighted by molar-refractivity contribution is 5.89. The largest absolute Gasteiger partial charge is 0.461 e. The fourth-order valence-corrected chi connectivity index (χ4v) is 3.33. The summed E-state index contributed by atoms with van der Waals surface area (Å²) < 4.78 is 5.03. The second kappa shape index (κ2) is 3.86. The van der Waals surface area contributed by atoms with Gasteiger partial charge in [0.2, 0.25) is 0 Å². The van der Waals surface area contributed by atoms with Crippen molar-refractivity contribution in [3.8, 4) is 0 Å². The first kappa shape index (κ1) is 10.8. The number of aromatic nitrogens is 2. The average molecular weight is 234 g/mol. The molecule has 0 spiro atoms. The number of nitrogens with one attached hydrogen (secondary N) is 1. The van der Waals surface area contributed by atoms with Gasteiger partial charge in [-0.3, -0.25) is 5.10 Å². The third kappa shape index (κ3) is 1.50. The van der Waals surface area contributed by atoms with Crippen LogP contribution in [0.3, 0.4) is 0 Å². The SMILES string of the molecule is CCC[C@H]1[C@@H]2Cc3c(n[nH]c3C(=O)OCC)[C@H]12. The molecule has 4 heteroatoms. The zero-order valence-electron chi connectivity index (χ0n) is 10.3. The van der Waals surface area contributed by atoms with Gasteiger partial charge in [0.1, 0.15) is 5.69 Å². The summed E-state index contributed by atoms with van der Waals surface area (Å²) in [5, 5.41) is 7.19. The van der Waals surface area contributed by atoms with Crippen molar-refractivity contribution in [1.82, 2.24) is 10.2 Å². The Morgan fingerprint density at radius 1 is 1.53 bits per heavy atom. The van der Waals surface area contributed by atoms with Gasteiger partial charge in [-0.05, 0) is 31.6 Å². The predicted octanol–water partition coefficient (Wildman–Crippen LogP) is 2.27. The van der Waals surface area contributed by atoms with Gasteiger partial charge < -0.3 is 4.74 Å². The van der Waals surface area contributed by atoms with Crippen molar-refractivity contribution in [2.24, 2.45) is 11.8 Å². The third-order valence-electron chi connectivity index (χ3n) is 4.09. The minimum Gasteiger partial charge on any atom is -0.461 e. The Morgan fingerprint density at radius 3 is 3.06 bits per heavy atom. The molecule has 3 rings (SSSR count). The topological polar surface area (TPSA) is 55.0 Å². The van der Waals surface area contributed by atoms with Crippen molar-refractivity contribution in [3.05, 3.63) is 17.0 Å². The van der Waals surface area contributed by atoms with Crippen LogP contribution in [0, 0.1) is 11.8 Å². The molecule has 17 heavy (non-hydrogen) atoms. The number of hydrogen-bond donors (Lipinski definition) is 1. The average Bonchev–Trinajstić information content (AvgIpc) is 2.70. The summed E-state index contributed by atoms with van der Waals surface area (Å²) in [6.07, 6.45) is 3.54. The Bertz CT molecular complexity index is 452. The molecule has 0 unspecified atom stereocenters. The highest BCUT2D eigenvalue weighted by Gasteiger charge is 2.57. The second-order valence-corrected chi connectivity index (χ2v) is 5.03. The van der Waals surface area contributed by atoms with E-state index >= 15 is 0 Å². The van der Waals surface area contributed by atoms with E-state index in [1.165, 1.54) is 12.8 Å². The molecule has 3 atom stereocenters. The first-order valence-electron chi connectivity index (χ1n) is 6.52. The Hall–Kier alpha value is -1.32. The fourth-order valence-electron chi connectivity index (χ4n) is 3.33. The van der Waals surface area contributed by atoms with E-state index in [1.807, 2.05) is 6.92 Å². The van der Waals surface area contributed by atoms with Crippen LogP contribution in [-0.4, -0.2) is 22.8 Å². The molecule has 1 N–H and O–H groups in total. The van der Waals surface area contributed by atoms with Crippen LogP contribution in [0.15, 0.2) is 0 Å². The van der Waals surface area contributed by atoms with E-state index in [0.717, 1.165) is 29.5 Å². The van der Waals surface area contributed by atoms with Gasteiger partial charge in [-0.1, -0.05) is 13.3 Å². The molecule has 0 amide bonds. The summed E-state index contributed by atoms with van der Waals surface area (Å²) in [7, 11) is 0. The molecule has 0 bridgehead atoms. The minimum atomic E-state index is -0.255. The maximum absolute atomic E-state index is 11.7. The van der Waals surface area contributed by atoms with E-state index in [2.05, 4.69) is 17.1 Å². The number of nitrogens with zero attached hydrogens (tertiary/aromatic N) is 1. The number of esters is 1. The minimum absolute atomic E-state index is 0.255. The van der Waals surface area contributed by atoms with Gasteiger partial charge in [-0.15, -0.1) is 0 Å². The Labute approximate surface area is 101 Å². The maximum Gasteiger partial charge on any atom is 0.356 e. The summed E-state index contributed by atoms with van der Waals surface area (Å²) in [5.74, 6) is 1.92. The van der Waals surface area contributed by atoms with E-state index in [4.69, 9.17) is 4.74 Å². The molecule has 0 aliphatic heterocycles. The van der Waals surface area contributed by atoms with Crippen LogP contribution >= 0.6 is 0 Å². The molecule has 1 fully saturated rings. The van der Waals surface area contributed by atoms with Crippen molar-refractivity contribution in [2.75, 3.05) is 6.61 Å². The summed E-state index contributed by atoms with van der Waals surface area (Å²) in [5.41, 5.74) is 2.84. The number of aromatic amines is 1. The molecule has 1 aromatic heterocycles. The molecule has 1 aromatic rings. The summed E-state index contributed by atoms with van der Waals surface area (Å²) in [4.78, 5) is 11.7. The summed E-state index contributed by atoms with van der Waals surface area (Å²) >= 11 is 0. The van der Waals surface area contributed by atoms with Crippen molar-refractivity contribution in [3.63, 3.8) is 0 Å². The van der Waals surface area contributed by atoms with Gasteiger partial charge in [0.05, 0.1) is 12.3 Å². The zero-order chi connectivity index (χ0) is 12.0. The van der Waals surface area contributed by atoms with Crippen LogP contribution in [0.2, 0.25) is 0 Å². The molecule has 0 saturated heterocycles. The maximum atomic E-state index is 11.7. The van der Waals surface area contributed by atoms with Crippen LogP contribution < -0.4 is 0 Å². The molecule has 92 valence electrons. The lowest BCUT2D eigenvalue weighted by Gasteiger charge is -2.03. The molecule has 4 nitrogen and oxygen atoms in total. The first-order chi connectivity index (χ1) is 8.27. The third-order valence-corrected chi connectivity index (χ3v) is 4.09. The normalized spacial score (nSPS) is 28.7. The van der Waals surface area contributed by atoms with E-state index in [-0.39, 0.29) is 5.97 Å². The lowest BCUT2D eigenvalue weighted by atomic mass is 10.0. The van der Waals surface area contributed by atoms with Gasteiger partial charge in [0.25, 0.3) is 0 Å². The van der Waals surface area contributed by atoms with Gasteiger partial charge in [-0.2, -0.15) is 5.10 Å². The number of carbonyl (C=O) groups is 1. The van der Waals surface area contributed by atoms with Gasteiger partial charge >= 0.3 is 5.97 Å². The highest BCUT2D eigenvalue weighted by Crippen LogP contribution is 2.62. The lowest BCUT2D eigenvalue weighted by molar-refractivity contribution is 0.0518. The monoisotopic (exact) mass is 234 g/mol. The smallest absolute Gasteiger partial charge is 0.356 e. The van der Waals surface area contributed by atoms with Crippen molar-refractivity contribution >= 4 is 5.97 Å². The fraction of sp³-hybridized carbons (Fsp3) is 0.692. The molecule has 1 saturated carbocycles. The molecule has 0 radical (unpaired) electrons. The van der Waals surface area contributed by atoms with Crippen LogP contribution in [0.1, 0.15) is 54.4 Å². The van der Waals surface area contributed by atoms with Crippen molar-refractivity contribution < 1.29 is 9.53 Å². The van der Waals surface area contributed by atoms with Crippen molar-refractivity contribution in [1.29, 1.82) is 0 Å². The molecular weight excluding hydrogens is 216 g/mol. The molecule has 2 aliphatic carbocycles. The summed E-state index contributed by atoms with van der Waals surface area (Å²) in [6, 6.07) is 0. The van der Waals surface area contributed by atoms with Crippen LogP contribution in [-0.2, 0) is 11.2 Å². The van der Waals surface area contributed by atoms with Crippen LogP contribution in [0.25, 0.3) is 0 Å². The highest BCUT2D eigenvalue weighted by atomic mass is 16.5. The quantitative estimate of drug-likeness (QED) is 0.813. The Kier molecular flexibility index (Phi) is 2.45. The summed E-state index contributed by atoms with van der Waals surface area (Å²) in [6.45, 7) is 4.46. The Balaban J connectivity index is 1.79. The number of hydrogen-bond acceptors (Lipinski definition) is 3. The number of rotatable bonds is 4. The number of ether oxygens (including phenoxy) is 1. The predicted molar refractivity (Wildman–Crippen MR) is 62.9 cm³/mol. The standard InChI is InChI=1S/C13H18N2O2/c1-3-5-7-8-6-9-11(10(7)8)14-15-12(9)13(16)17-4-2/h7-8,10H,3-6H2,1-2H3,(H,14,15)/t7-,8-,10+/m0/s1. The number of carbonyl (C=O) groups excluding carboxylic acids is 1. The molecule has 2 aliphatic rings. The van der Waals surface area contributed by atoms with Gasteiger partial charge in [-0.25, -0.2) is 4.79 Å². The van der Waals surface area contributed by atoms with Crippen molar-refractivity contribution in [2.45, 2.75) is 39.0 Å². The Morgan fingerprint density at radius 2 is 2.35 bits per heavy atom. The molecule has 0 aromatic carbocycles. The van der Waals surface area contributed by atoms with Crippen LogP contribution in [0.5, 0.6) is 0 Å². The number of fused-ring (bicyclic) bond motifs is 3. The number of H-pyrrole nitrogens is 1. The van der Waals surface area contributed by atoms with Gasteiger partial charge in [0.15, 0.2) is 0 Å². The lowest BCUT2D eigenvalue weighted by Crippen LogP contribution is -2.08. The molecule has 1 heterocycles. The first-order valence-corrected chi connectivity index (χ1v) is 6.52. The van der Waals surface area contributed by atoms with E-state index in [1.54, 1.807) is 0 Å². The van der Waals surface area contributed by atoms with E-state index in [0.29, 0.717) is 18.2 Å².